The molecule has 0 amide bonds. The van der Waals surface area contributed by atoms with Crippen molar-refractivity contribution in [3.63, 3.8) is 0 Å². The number of nitrogens with zero attached hydrogens (tertiary/aromatic N) is 2. The van der Waals surface area contributed by atoms with Crippen LogP contribution in [0.1, 0.15) is 51.3 Å². The summed E-state index contributed by atoms with van der Waals surface area (Å²) in [5.41, 5.74) is 4.85. The summed E-state index contributed by atoms with van der Waals surface area (Å²) < 4.78 is 13.3. The van der Waals surface area contributed by atoms with Crippen LogP contribution in [-0.2, 0) is 10.3 Å². The normalized spacial score (nSPS) is 16.5. The van der Waals surface area contributed by atoms with Gasteiger partial charge in [-0.15, -0.1) is 0 Å². The third-order valence-corrected chi connectivity index (χ3v) is 6.71. The van der Waals surface area contributed by atoms with Gasteiger partial charge in [0.05, 0.1) is 0 Å². The van der Waals surface area contributed by atoms with Crippen LogP contribution >= 0.6 is 0 Å². The Kier molecular flexibility index (Phi) is 6.94. The second-order valence-corrected chi connectivity index (χ2v) is 8.29. The van der Waals surface area contributed by atoms with E-state index in [0.29, 0.717) is 6.61 Å². The standard InChI is InChI=1S/C29H36N2O2/c1-6-30(7-2)23-17-19-27-26(20-23)29(32-10-5,22-14-12-11-13-15-22)25-18-16-24(21-28(25)33-27)31(8-3)9-4/h11-21H,6-10H2,1-5H3. The maximum Gasteiger partial charge on any atom is 0.150 e. The zero-order chi connectivity index (χ0) is 23.4. The topological polar surface area (TPSA) is 24.9 Å². The second-order valence-electron chi connectivity index (χ2n) is 8.29. The minimum absolute atomic E-state index is 0.584. The van der Waals surface area contributed by atoms with Crippen molar-refractivity contribution in [2.24, 2.45) is 0 Å². The summed E-state index contributed by atoms with van der Waals surface area (Å²) in [5.74, 6) is 1.71. The van der Waals surface area contributed by atoms with Gasteiger partial charge >= 0.3 is 0 Å². The van der Waals surface area contributed by atoms with E-state index < -0.39 is 5.60 Å². The van der Waals surface area contributed by atoms with Crippen LogP contribution in [0.2, 0.25) is 0 Å². The first kappa shape index (κ1) is 23.2. The number of anilines is 2. The van der Waals surface area contributed by atoms with E-state index in [1.54, 1.807) is 0 Å². The number of benzene rings is 3. The van der Waals surface area contributed by atoms with Crippen molar-refractivity contribution in [3.8, 4) is 11.5 Å². The van der Waals surface area contributed by atoms with Gasteiger partial charge in [-0.25, -0.2) is 0 Å². The molecule has 1 heterocycles. The van der Waals surface area contributed by atoms with Crippen LogP contribution in [0.3, 0.4) is 0 Å². The molecule has 174 valence electrons. The summed E-state index contributed by atoms with van der Waals surface area (Å²) in [7, 11) is 0. The number of hydrogen-bond donors (Lipinski definition) is 0. The van der Waals surface area contributed by atoms with Crippen molar-refractivity contribution in [2.75, 3.05) is 42.6 Å². The molecular weight excluding hydrogens is 408 g/mol. The Bertz CT molecular complexity index is 1070. The summed E-state index contributed by atoms with van der Waals surface area (Å²) in [4.78, 5) is 4.70. The monoisotopic (exact) mass is 444 g/mol. The van der Waals surface area contributed by atoms with E-state index in [1.807, 2.05) is 0 Å². The summed E-state index contributed by atoms with van der Waals surface area (Å²) in [6.45, 7) is 15.2. The fourth-order valence-corrected chi connectivity index (χ4v) is 5.04. The van der Waals surface area contributed by atoms with Gasteiger partial charge < -0.3 is 19.3 Å². The number of hydrogen-bond acceptors (Lipinski definition) is 4. The molecule has 0 saturated heterocycles. The van der Waals surface area contributed by atoms with Gasteiger partial charge in [0, 0.05) is 61.4 Å². The molecule has 0 saturated carbocycles. The molecule has 4 rings (SSSR count). The first-order chi connectivity index (χ1) is 16.1. The predicted octanol–water partition coefficient (Wildman–Crippen LogP) is 6.81. The lowest BCUT2D eigenvalue weighted by molar-refractivity contribution is 0.0147. The maximum absolute atomic E-state index is 6.75. The Morgan fingerprint density at radius 1 is 0.667 bits per heavy atom. The highest BCUT2D eigenvalue weighted by Gasteiger charge is 2.45. The molecule has 3 aromatic rings. The van der Waals surface area contributed by atoms with Crippen molar-refractivity contribution in [1.82, 2.24) is 0 Å². The Morgan fingerprint density at radius 2 is 1.27 bits per heavy atom. The van der Waals surface area contributed by atoms with Crippen LogP contribution in [0.4, 0.5) is 11.4 Å². The molecule has 1 aliphatic heterocycles. The molecule has 0 aromatic heterocycles. The van der Waals surface area contributed by atoms with E-state index >= 15 is 0 Å². The highest BCUT2D eigenvalue weighted by molar-refractivity contribution is 5.68. The minimum atomic E-state index is -0.732. The van der Waals surface area contributed by atoms with Gasteiger partial charge in [-0.3, -0.25) is 0 Å². The molecular formula is C29H36N2O2. The van der Waals surface area contributed by atoms with E-state index in [4.69, 9.17) is 9.47 Å². The maximum atomic E-state index is 6.75. The second kappa shape index (κ2) is 9.88. The Hall–Kier alpha value is -2.98. The third-order valence-electron chi connectivity index (χ3n) is 6.71. The van der Waals surface area contributed by atoms with Crippen LogP contribution in [-0.4, -0.2) is 32.8 Å². The van der Waals surface area contributed by atoms with Crippen molar-refractivity contribution in [1.29, 1.82) is 0 Å². The molecule has 0 N–H and O–H groups in total. The van der Waals surface area contributed by atoms with Crippen molar-refractivity contribution in [2.45, 2.75) is 40.2 Å². The molecule has 0 bridgehead atoms. The summed E-state index contributed by atoms with van der Waals surface area (Å²) in [5, 5.41) is 0. The molecule has 0 fully saturated rings. The van der Waals surface area contributed by atoms with E-state index in [1.165, 1.54) is 11.4 Å². The Balaban J connectivity index is 1.99. The molecule has 33 heavy (non-hydrogen) atoms. The molecule has 4 nitrogen and oxygen atoms in total. The van der Waals surface area contributed by atoms with Crippen molar-refractivity contribution in [3.05, 3.63) is 83.4 Å². The lowest BCUT2D eigenvalue weighted by Crippen LogP contribution is -2.36. The number of fused-ring (bicyclic) bond motifs is 2. The number of rotatable bonds is 9. The van der Waals surface area contributed by atoms with Gasteiger partial charge in [-0.05, 0) is 70.5 Å². The largest absolute Gasteiger partial charge is 0.456 e. The molecule has 1 aliphatic rings. The van der Waals surface area contributed by atoms with Crippen LogP contribution in [0.5, 0.6) is 11.5 Å². The predicted molar refractivity (Wildman–Crippen MR) is 138 cm³/mol. The SMILES string of the molecule is CCOC1(c2ccccc2)c2ccc(N(CC)CC)cc2Oc2ccc(N(CC)CC)cc21. The molecule has 0 spiro atoms. The zero-order valence-electron chi connectivity index (χ0n) is 20.6. The number of ether oxygens (including phenoxy) is 2. The molecule has 1 unspecified atom stereocenters. The highest BCUT2D eigenvalue weighted by Crippen LogP contribution is 2.53. The van der Waals surface area contributed by atoms with E-state index in [9.17, 15) is 0 Å². The smallest absolute Gasteiger partial charge is 0.150 e. The Morgan fingerprint density at radius 3 is 1.88 bits per heavy atom. The van der Waals surface area contributed by atoms with Gasteiger partial charge in [-0.2, -0.15) is 0 Å². The van der Waals surface area contributed by atoms with Crippen molar-refractivity contribution < 1.29 is 9.47 Å². The fourth-order valence-electron chi connectivity index (χ4n) is 5.04. The van der Waals surface area contributed by atoms with Crippen LogP contribution in [0, 0.1) is 0 Å². The molecule has 0 aliphatic carbocycles. The van der Waals surface area contributed by atoms with Gasteiger partial charge in [-0.1, -0.05) is 30.3 Å². The average molecular weight is 445 g/mol. The van der Waals surface area contributed by atoms with Crippen LogP contribution < -0.4 is 14.5 Å². The first-order valence-corrected chi connectivity index (χ1v) is 12.3. The Labute approximate surface area is 198 Å². The van der Waals surface area contributed by atoms with E-state index in [0.717, 1.165) is 54.4 Å². The summed E-state index contributed by atoms with van der Waals surface area (Å²) >= 11 is 0. The molecule has 3 aromatic carbocycles. The first-order valence-electron chi connectivity index (χ1n) is 12.3. The van der Waals surface area contributed by atoms with Crippen LogP contribution in [0.25, 0.3) is 0 Å². The van der Waals surface area contributed by atoms with E-state index in [2.05, 4.69) is 111 Å². The lowest BCUT2D eigenvalue weighted by Gasteiger charge is -2.41. The minimum Gasteiger partial charge on any atom is -0.456 e. The lowest BCUT2D eigenvalue weighted by atomic mass is 9.77. The molecule has 1 atom stereocenters. The zero-order valence-corrected chi connectivity index (χ0v) is 20.6. The summed E-state index contributed by atoms with van der Waals surface area (Å²) in [6.07, 6.45) is 0. The van der Waals surface area contributed by atoms with Gasteiger partial charge in [0.25, 0.3) is 0 Å². The quantitative estimate of drug-likeness (QED) is 0.362. The summed E-state index contributed by atoms with van der Waals surface area (Å²) in [6, 6.07) is 23.6. The fraction of sp³-hybridized carbons (Fsp3) is 0.379. The van der Waals surface area contributed by atoms with Gasteiger partial charge in [0.15, 0.2) is 5.60 Å². The molecule has 4 heteroatoms. The van der Waals surface area contributed by atoms with Gasteiger partial charge in [0.2, 0.25) is 0 Å². The highest BCUT2D eigenvalue weighted by atomic mass is 16.5. The third kappa shape index (κ3) is 3.97. The van der Waals surface area contributed by atoms with Crippen LogP contribution in [0.15, 0.2) is 66.7 Å². The van der Waals surface area contributed by atoms with Crippen molar-refractivity contribution >= 4 is 11.4 Å². The average Bonchev–Trinajstić information content (AvgIpc) is 2.86. The van der Waals surface area contributed by atoms with E-state index in [-0.39, 0.29) is 0 Å². The van der Waals surface area contributed by atoms with Gasteiger partial charge in [0.1, 0.15) is 11.5 Å². The molecule has 0 radical (unpaired) electrons.